The van der Waals surface area contributed by atoms with E-state index in [1.165, 1.54) is 17.4 Å². The van der Waals surface area contributed by atoms with Crippen molar-refractivity contribution in [2.75, 3.05) is 24.6 Å². The standard InChI is InChI=1S/C14H15F3N2OS/c15-14(16,17)10-1-2-12-11(7-10)18-13(21-12)19-5-3-9(8-20)4-6-19/h1-2,7,9,20H,3-6,8H2. The van der Waals surface area contributed by atoms with Gasteiger partial charge in [0.25, 0.3) is 0 Å². The molecule has 2 aromatic rings. The summed E-state index contributed by atoms with van der Waals surface area (Å²) in [6.07, 6.45) is -2.56. The topological polar surface area (TPSA) is 36.4 Å². The molecule has 1 aliphatic rings. The number of halogens is 3. The molecule has 0 aliphatic carbocycles. The van der Waals surface area contributed by atoms with Gasteiger partial charge in [0.1, 0.15) is 0 Å². The van der Waals surface area contributed by atoms with Crippen molar-refractivity contribution in [2.24, 2.45) is 5.92 Å². The monoisotopic (exact) mass is 316 g/mol. The average molecular weight is 316 g/mol. The van der Waals surface area contributed by atoms with Crippen LogP contribution in [0.3, 0.4) is 0 Å². The van der Waals surface area contributed by atoms with Crippen LogP contribution in [0.4, 0.5) is 18.3 Å². The van der Waals surface area contributed by atoms with Gasteiger partial charge in [0.2, 0.25) is 0 Å². The van der Waals surface area contributed by atoms with E-state index in [9.17, 15) is 13.2 Å². The molecule has 0 bridgehead atoms. The average Bonchev–Trinajstić information content (AvgIpc) is 2.89. The van der Waals surface area contributed by atoms with Gasteiger partial charge in [-0.25, -0.2) is 4.98 Å². The number of aromatic nitrogens is 1. The fraction of sp³-hybridized carbons (Fsp3) is 0.500. The van der Waals surface area contributed by atoms with Crippen molar-refractivity contribution < 1.29 is 18.3 Å². The Balaban J connectivity index is 1.84. The van der Waals surface area contributed by atoms with Crippen molar-refractivity contribution in [2.45, 2.75) is 19.0 Å². The summed E-state index contributed by atoms with van der Waals surface area (Å²) in [7, 11) is 0. The van der Waals surface area contributed by atoms with Crippen LogP contribution in [-0.2, 0) is 6.18 Å². The second-order valence-corrected chi connectivity index (χ2v) is 6.30. The molecule has 0 unspecified atom stereocenters. The molecule has 1 saturated heterocycles. The van der Waals surface area contributed by atoms with Gasteiger partial charge in [-0.05, 0) is 37.0 Å². The van der Waals surface area contributed by atoms with Gasteiger partial charge in [0, 0.05) is 19.7 Å². The Morgan fingerprint density at radius 1 is 1.29 bits per heavy atom. The lowest BCUT2D eigenvalue weighted by Gasteiger charge is -2.30. The Kier molecular flexibility index (Phi) is 3.79. The van der Waals surface area contributed by atoms with Crippen molar-refractivity contribution in [3.05, 3.63) is 23.8 Å². The zero-order valence-corrected chi connectivity index (χ0v) is 12.0. The van der Waals surface area contributed by atoms with Gasteiger partial charge in [-0.1, -0.05) is 11.3 Å². The highest BCUT2D eigenvalue weighted by Gasteiger charge is 2.31. The van der Waals surface area contributed by atoms with Crippen LogP contribution in [-0.4, -0.2) is 29.8 Å². The molecule has 3 rings (SSSR count). The van der Waals surface area contributed by atoms with E-state index in [2.05, 4.69) is 9.88 Å². The van der Waals surface area contributed by atoms with E-state index in [1.807, 2.05) is 0 Å². The number of aliphatic hydroxyl groups excluding tert-OH is 1. The molecule has 1 N–H and O–H groups in total. The molecule has 0 atom stereocenters. The highest BCUT2D eigenvalue weighted by molar-refractivity contribution is 7.22. The molecule has 0 saturated carbocycles. The minimum Gasteiger partial charge on any atom is -0.396 e. The van der Waals surface area contributed by atoms with E-state index in [0.717, 1.165) is 47.9 Å². The van der Waals surface area contributed by atoms with Crippen LogP contribution < -0.4 is 4.90 Å². The summed E-state index contributed by atoms with van der Waals surface area (Å²) < 4.78 is 38.9. The largest absolute Gasteiger partial charge is 0.416 e. The van der Waals surface area contributed by atoms with Crippen molar-refractivity contribution in [1.82, 2.24) is 4.98 Å². The summed E-state index contributed by atoms with van der Waals surface area (Å²) >= 11 is 1.42. The molecule has 1 aromatic heterocycles. The molecule has 0 amide bonds. The number of benzene rings is 1. The molecular formula is C14H15F3N2OS. The molecule has 2 heterocycles. The minimum absolute atomic E-state index is 0.197. The van der Waals surface area contributed by atoms with Gasteiger partial charge in [0.15, 0.2) is 5.13 Å². The highest BCUT2D eigenvalue weighted by Crippen LogP contribution is 2.35. The number of piperidine rings is 1. The van der Waals surface area contributed by atoms with Gasteiger partial charge < -0.3 is 10.0 Å². The van der Waals surface area contributed by atoms with Crippen LogP contribution >= 0.6 is 11.3 Å². The molecule has 0 spiro atoms. The molecule has 1 aromatic carbocycles. The first-order chi connectivity index (χ1) is 9.97. The maximum Gasteiger partial charge on any atom is 0.416 e. The van der Waals surface area contributed by atoms with Crippen LogP contribution in [0.25, 0.3) is 10.2 Å². The fourth-order valence-corrected chi connectivity index (χ4v) is 3.53. The van der Waals surface area contributed by atoms with E-state index in [4.69, 9.17) is 5.11 Å². The third-order valence-corrected chi connectivity index (χ3v) is 4.94. The van der Waals surface area contributed by atoms with E-state index in [1.54, 1.807) is 0 Å². The number of rotatable bonds is 2. The molecule has 21 heavy (non-hydrogen) atoms. The van der Waals surface area contributed by atoms with Gasteiger partial charge >= 0.3 is 6.18 Å². The summed E-state index contributed by atoms with van der Waals surface area (Å²) in [6, 6.07) is 3.69. The normalized spacial score (nSPS) is 17.6. The summed E-state index contributed by atoms with van der Waals surface area (Å²) in [6.45, 7) is 1.77. The summed E-state index contributed by atoms with van der Waals surface area (Å²) in [5.74, 6) is 0.326. The second kappa shape index (κ2) is 5.46. The lowest BCUT2D eigenvalue weighted by Crippen LogP contribution is -2.34. The van der Waals surface area contributed by atoms with Crippen LogP contribution in [0.2, 0.25) is 0 Å². The van der Waals surface area contributed by atoms with Crippen LogP contribution in [0.5, 0.6) is 0 Å². The highest BCUT2D eigenvalue weighted by atomic mass is 32.1. The molecule has 1 fully saturated rings. The Morgan fingerprint density at radius 3 is 2.62 bits per heavy atom. The van der Waals surface area contributed by atoms with Crippen molar-refractivity contribution in [1.29, 1.82) is 0 Å². The van der Waals surface area contributed by atoms with Crippen LogP contribution in [0.15, 0.2) is 18.2 Å². The van der Waals surface area contributed by atoms with Crippen molar-refractivity contribution in [3.8, 4) is 0 Å². The smallest absolute Gasteiger partial charge is 0.396 e. The molecule has 7 heteroatoms. The third kappa shape index (κ3) is 2.98. The lowest BCUT2D eigenvalue weighted by atomic mass is 9.98. The van der Waals surface area contributed by atoms with Gasteiger partial charge in [0.05, 0.1) is 15.8 Å². The summed E-state index contributed by atoms with van der Waals surface area (Å²) in [5.41, 5.74) is -0.264. The zero-order valence-electron chi connectivity index (χ0n) is 11.2. The number of hydrogen-bond donors (Lipinski definition) is 1. The predicted octanol–water partition coefficient (Wildman–Crippen LogP) is 3.52. The molecule has 1 aliphatic heterocycles. The van der Waals surface area contributed by atoms with Gasteiger partial charge in [-0.3, -0.25) is 0 Å². The number of fused-ring (bicyclic) bond motifs is 1. The van der Waals surface area contributed by atoms with E-state index in [0.29, 0.717) is 11.4 Å². The maximum absolute atomic E-state index is 12.7. The van der Waals surface area contributed by atoms with Crippen LogP contribution in [0, 0.1) is 5.92 Å². The predicted molar refractivity (Wildman–Crippen MR) is 76.6 cm³/mol. The van der Waals surface area contributed by atoms with Gasteiger partial charge in [-0.2, -0.15) is 13.2 Å². The van der Waals surface area contributed by atoms with Crippen LogP contribution in [0.1, 0.15) is 18.4 Å². The van der Waals surface area contributed by atoms with E-state index in [-0.39, 0.29) is 6.61 Å². The Morgan fingerprint density at radius 2 is 2.00 bits per heavy atom. The molecule has 3 nitrogen and oxygen atoms in total. The van der Waals surface area contributed by atoms with Gasteiger partial charge in [-0.15, -0.1) is 0 Å². The maximum atomic E-state index is 12.7. The Labute approximate surface area is 124 Å². The number of hydrogen-bond acceptors (Lipinski definition) is 4. The zero-order chi connectivity index (χ0) is 15.0. The Bertz CT molecular complexity index is 633. The lowest BCUT2D eigenvalue weighted by molar-refractivity contribution is -0.137. The first-order valence-corrected chi connectivity index (χ1v) is 7.62. The summed E-state index contributed by atoms with van der Waals surface area (Å²) in [5, 5.41) is 9.90. The SMILES string of the molecule is OCC1CCN(c2nc3cc(C(F)(F)F)ccc3s2)CC1. The number of nitrogens with zero attached hydrogens (tertiary/aromatic N) is 2. The van der Waals surface area contributed by atoms with Crippen molar-refractivity contribution >= 4 is 26.7 Å². The Hall–Kier alpha value is -1.34. The number of aliphatic hydroxyl groups is 1. The second-order valence-electron chi connectivity index (χ2n) is 5.29. The first kappa shape index (κ1) is 14.6. The molecule has 0 radical (unpaired) electrons. The minimum atomic E-state index is -4.34. The van der Waals surface area contributed by atoms with Crippen molar-refractivity contribution in [3.63, 3.8) is 0 Å². The van der Waals surface area contributed by atoms with E-state index < -0.39 is 11.7 Å². The third-order valence-electron chi connectivity index (χ3n) is 3.85. The first-order valence-electron chi connectivity index (χ1n) is 6.81. The molecule has 114 valence electrons. The molecular weight excluding hydrogens is 301 g/mol. The summed E-state index contributed by atoms with van der Waals surface area (Å²) in [4.78, 5) is 6.43. The number of anilines is 1. The quantitative estimate of drug-likeness (QED) is 0.921. The van der Waals surface area contributed by atoms with E-state index >= 15 is 0 Å². The number of alkyl halides is 3. The fourth-order valence-electron chi connectivity index (χ4n) is 2.53. The number of thiazole rings is 1.